The van der Waals surface area contributed by atoms with Crippen molar-refractivity contribution < 1.29 is 19.8 Å². The van der Waals surface area contributed by atoms with Gasteiger partial charge in [0.1, 0.15) is 11.5 Å². The fraction of sp³-hybridized carbons (Fsp3) is 0.154. The Morgan fingerprint density at radius 3 is 2.32 bits per heavy atom. The summed E-state index contributed by atoms with van der Waals surface area (Å²) in [6, 6.07) is 22.5. The van der Waals surface area contributed by atoms with E-state index in [2.05, 4.69) is 0 Å². The topological polar surface area (TPSA) is 77.8 Å². The number of phenolic OH excluding ortho intramolecular Hbond substituents is 1. The number of nitrogens with zero attached hydrogens (tertiary/aromatic N) is 1. The minimum atomic E-state index is -0.780. The van der Waals surface area contributed by atoms with Crippen LogP contribution in [0.1, 0.15) is 28.3 Å². The van der Waals surface area contributed by atoms with Gasteiger partial charge in [-0.3, -0.25) is 9.59 Å². The third kappa shape index (κ3) is 4.08. The molecule has 3 aromatic carbocycles. The van der Waals surface area contributed by atoms with E-state index in [1.807, 2.05) is 49.4 Å². The summed E-state index contributed by atoms with van der Waals surface area (Å²) in [7, 11) is 0. The van der Waals surface area contributed by atoms with E-state index in [0.29, 0.717) is 24.1 Å². The van der Waals surface area contributed by atoms with Crippen molar-refractivity contribution in [3.63, 3.8) is 0 Å². The van der Waals surface area contributed by atoms with Gasteiger partial charge in [-0.05, 0) is 36.6 Å². The van der Waals surface area contributed by atoms with Crippen molar-refractivity contribution in [1.29, 1.82) is 0 Å². The number of aromatic hydroxyl groups is 1. The molecule has 1 aliphatic rings. The van der Waals surface area contributed by atoms with Gasteiger partial charge in [-0.25, -0.2) is 0 Å². The second-order valence-corrected chi connectivity index (χ2v) is 7.69. The Hall–Kier alpha value is -3.86. The first-order valence-electron chi connectivity index (χ1n) is 10.1. The van der Waals surface area contributed by atoms with Crippen LogP contribution in [0.5, 0.6) is 5.75 Å². The molecule has 0 radical (unpaired) electrons. The maximum Gasteiger partial charge on any atom is 0.295 e. The molecule has 1 aliphatic heterocycles. The number of rotatable bonds is 5. The number of benzene rings is 3. The maximum atomic E-state index is 13.0. The minimum Gasteiger partial charge on any atom is -0.508 e. The molecule has 156 valence electrons. The Kier molecular flexibility index (Phi) is 5.58. The number of hydrogen-bond donors (Lipinski definition) is 2. The Balaban J connectivity index is 1.79. The van der Waals surface area contributed by atoms with Crippen molar-refractivity contribution in [3.8, 4) is 5.75 Å². The van der Waals surface area contributed by atoms with E-state index in [1.54, 1.807) is 24.3 Å². The minimum absolute atomic E-state index is 0.0292. The molecule has 1 saturated heterocycles. The summed E-state index contributed by atoms with van der Waals surface area (Å²) >= 11 is 0. The van der Waals surface area contributed by atoms with Crippen LogP contribution in [0.25, 0.3) is 5.76 Å². The Bertz CT molecular complexity index is 1150. The number of amides is 1. The predicted molar refractivity (Wildman–Crippen MR) is 118 cm³/mol. The standard InChI is InChI=1S/C26H23NO4/c1-17-10-12-19(13-11-17)24(29)22-23(20-8-5-9-21(28)16-20)27(26(31)25(22)30)15-14-18-6-3-2-4-7-18/h2-13,16,23,28-29H,14-15H2,1H3/b24-22+. The normalized spacial score (nSPS) is 17.8. The molecule has 0 aromatic heterocycles. The second kappa shape index (κ2) is 8.48. The van der Waals surface area contributed by atoms with Crippen LogP contribution in [-0.2, 0) is 16.0 Å². The first kappa shape index (κ1) is 20.4. The zero-order valence-electron chi connectivity index (χ0n) is 17.2. The number of phenols is 1. The number of likely N-dealkylation sites (tertiary alicyclic amines) is 1. The highest BCUT2D eigenvalue weighted by molar-refractivity contribution is 6.46. The number of aliphatic hydroxyl groups is 1. The quantitative estimate of drug-likeness (QED) is 0.370. The Morgan fingerprint density at radius 1 is 0.935 bits per heavy atom. The fourth-order valence-corrected chi connectivity index (χ4v) is 3.91. The van der Waals surface area contributed by atoms with Gasteiger partial charge >= 0.3 is 0 Å². The van der Waals surface area contributed by atoms with Crippen molar-refractivity contribution >= 4 is 17.4 Å². The molecule has 1 atom stereocenters. The van der Waals surface area contributed by atoms with E-state index >= 15 is 0 Å². The van der Waals surface area contributed by atoms with Gasteiger partial charge < -0.3 is 15.1 Å². The maximum absolute atomic E-state index is 13.0. The molecule has 2 N–H and O–H groups in total. The lowest BCUT2D eigenvalue weighted by atomic mass is 9.95. The molecule has 0 spiro atoms. The monoisotopic (exact) mass is 413 g/mol. The van der Waals surface area contributed by atoms with Gasteiger partial charge in [-0.2, -0.15) is 0 Å². The molecule has 1 fully saturated rings. The van der Waals surface area contributed by atoms with Gasteiger partial charge in [0.15, 0.2) is 0 Å². The highest BCUT2D eigenvalue weighted by Gasteiger charge is 2.45. The van der Waals surface area contributed by atoms with Gasteiger partial charge in [0, 0.05) is 12.1 Å². The summed E-state index contributed by atoms with van der Waals surface area (Å²) in [5.41, 5.74) is 3.13. The second-order valence-electron chi connectivity index (χ2n) is 7.69. The van der Waals surface area contributed by atoms with Crippen molar-refractivity contribution in [2.24, 2.45) is 0 Å². The SMILES string of the molecule is Cc1ccc(/C(O)=C2\C(=O)C(=O)N(CCc3ccccc3)C2c2cccc(O)c2)cc1. The Morgan fingerprint density at radius 2 is 1.65 bits per heavy atom. The summed E-state index contributed by atoms with van der Waals surface area (Å²) in [5.74, 6) is -1.56. The predicted octanol–water partition coefficient (Wildman–Crippen LogP) is 4.37. The first-order chi connectivity index (χ1) is 15.0. The van der Waals surface area contributed by atoms with E-state index in [4.69, 9.17) is 0 Å². The summed E-state index contributed by atoms with van der Waals surface area (Å²) in [4.78, 5) is 27.4. The van der Waals surface area contributed by atoms with E-state index in [0.717, 1.165) is 11.1 Å². The number of Topliss-reactive ketones (excluding diaryl/α,β-unsaturated/α-hetero) is 1. The van der Waals surface area contributed by atoms with Crippen LogP contribution in [-0.4, -0.2) is 33.3 Å². The lowest BCUT2D eigenvalue weighted by molar-refractivity contribution is -0.139. The van der Waals surface area contributed by atoms with Crippen molar-refractivity contribution in [2.45, 2.75) is 19.4 Å². The first-order valence-corrected chi connectivity index (χ1v) is 10.1. The lowest BCUT2D eigenvalue weighted by Crippen LogP contribution is -2.31. The molecule has 1 amide bonds. The van der Waals surface area contributed by atoms with Gasteiger partial charge in [-0.15, -0.1) is 0 Å². The van der Waals surface area contributed by atoms with E-state index < -0.39 is 17.7 Å². The number of carbonyl (C=O) groups is 2. The summed E-state index contributed by atoms with van der Waals surface area (Å²) in [6.45, 7) is 2.23. The van der Waals surface area contributed by atoms with Gasteiger partial charge in [0.2, 0.25) is 0 Å². The van der Waals surface area contributed by atoms with Crippen LogP contribution < -0.4 is 0 Å². The molecule has 1 heterocycles. The Labute approximate surface area is 180 Å². The van der Waals surface area contributed by atoms with Crippen molar-refractivity contribution in [1.82, 2.24) is 4.90 Å². The van der Waals surface area contributed by atoms with E-state index in [-0.39, 0.29) is 17.1 Å². The summed E-state index contributed by atoms with van der Waals surface area (Å²) < 4.78 is 0. The van der Waals surface area contributed by atoms with Crippen LogP contribution in [0, 0.1) is 6.92 Å². The highest BCUT2D eigenvalue weighted by atomic mass is 16.3. The molecular weight excluding hydrogens is 390 g/mol. The number of carbonyl (C=O) groups excluding carboxylic acids is 2. The molecule has 4 rings (SSSR count). The van der Waals surface area contributed by atoms with Gasteiger partial charge in [0.25, 0.3) is 11.7 Å². The summed E-state index contributed by atoms with van der Waals surface area (Å²) in [6.07, 6.45) is 0.563. The number of aliphatic hydroxyl groups excluding tert-OH is 1. The van der Waals surface area contributed by atoms with Crippen LogP contribution in [0.15, 0.2) is 84.4 Å². The molecule has 0 aliphatic carbocycles. The molecule has 0 saturated carbocycles. The third-order valence-electron chi connectivity index (χ3n) is 5.54. The van der Waals surface area contributed by atoms with Gasteiger partial charge in [0.05, 0.1) is 11.6 Å². The highest BCUT2D eigenvalue weighted by Crippen LogP contribution is 2.40. The van der Waals surface area contributed by atoms with Crippen molar-refractivity contribution in [3.05, 3.63) is 107 Å². The molecule has 3 aromatic rings. The van der Waals surface area contributed by atoms with Crippen molar-refractivity contribution in [2.75, 3.05) is 6.54 Å². The molecule has 31 heavy (non-hydrogen) atoms. The van der Waals surface area contributed by atoms with Crippen LogP contribution in [0.3, 0.4) is 0 Å². The zero-order chi connectivity index (χ0) is 22.0. The molecule has 0 bridgehead atoms. The van der Waals surface area contributed by atoms with Gasteiger partial charge in [-0.1, -0.05) is 72.3 Å². The van der Waals surface area contributed by atoms with Crippen LogP contribution in [0.4, 0.5) is 0 Å². The molecular formula is C26H23NO4. The number of ketones is 1. The largest absolute Gasteiger partial charge is 0.508 e. The summed E-state index contributed by atoms with van der Waals surface area (Å²) in [5, 5.41) is 21.0. The number of hydrogen-bond acceptors (Lipinski definition) is 4. The smallest absolute Gasteiger partial charge is 0.295 e. The zero-order valence-corrected chi connectivity index (χ0v) is 17.2. The van der Waals surface area contributed by atoms with E-state index in [9.17, 15) is 19.8 Å². The fourth-order valence-electron chi connectivity index (χ4n) is 3.91. The number of aryl methyl sites for hydroxylation is 1. The average molecular weight is 413 g/mol. The third-order valence-corrected chi connectivity index (χ3v) is 5.54. The van der Waals surface area contributed by atoms with E-state index in [1.165, 1.54) is 17.0 Å². The van der Waals surface area contributed by atoms with Crippen LogP contribution >= 0.6 is 0 Å². The molecule has 1 unspecified atom stereocenters. The molecule has 5 heteroatoms. The average Bonchev–Trinajstić information content (AvgIpc) is 3.03. The lowest BCUT2D eigenvalue weighted by Gasteiger charge is -2.25. The van der Waals surface area contributed by atoms with Crippen LogP contribution in [0.2, 0.25) is 0 Å². The molecule has 5 nitrogen and oxygen atoms in total.